The van der Waals surface area contributed by atoms with E-state index in [1.165, 1.54) is 24.2 Å². The van der Waals surface area contributed by atoms with Gasteiger partial charge in [-0.05, 0) is 44.0 Å². The summed E-state index contributed by atoms with van der Waals surface area (Å²) in [5.74, 6) is 0.682. The van der Waals surface area contributed by atoms with Crippen LogP contribution in [0.1, 0.15) is 26.3 Å². The maximum absolute atomic E-state index is 3.45. The number of anilines is 1. The van der Waals surface area contributed by atoms with E-state index in [4.69, 9.17) is 0 Å². The number of rotatable bonds is 5. The second kappa shape index (κ2) is 5.54. The molecule has 2 rings (SSSR count). The molecule has 0 spiro atoms. The Hall–Kier alpha value is -1.02. The van der Waals surface area contributed by atoms with Gasteiger partial charge < -0.3 is 10.2 Å². The summed E-state index contributed by atoms with van der Waals surface area (Å²) in [5, 5.41) is 3.45. The molecule has 0 aromatic heterocycles. The SMILES string of the molecule is CCNCC(C)C(C)N1CCc2ccccc21. The molecule has 1 heterocycles. The van der Waals surface area contributed by atoms with Crippen LogP contribution in [0.15, 0.2) is 24.3 Å². The van der Waals surface area contributed by atoms with E-state index in [1.54, 1.807) is 0 Å². The molecule has 0 saturated heterocycles. The zero-order valence-electron chi connectivity index (χ0n) is 11.2. The molecular weight excluding hydrogens is 208 g/mol. The van der Waals surface area contributed by atoms with Crippen LogP contribution >= 0.6 is 0 Å². The Morgan fingerprint density at radius 3 is 2.82 bits per heavy atom. The molecule has 1 aliphatic heterocycles. The quantitative estimate of drug-likeness (QED) is 0.839. The molecule has 0 aliphatic carbocycles. The molecule has 0 saturated carbocycles. The summed E-state index contributed by atoms with van der Waals surface area (Å²) < 4.78 is 0. The number of hydrogen-bond acceptors (Lipinski definition) is 2. The second-order valence-electron chi connectivity index (χ2n) is 5.10. The summed E-state index contributed by atoms with van der Waals surface area (Å²) in [6.07, 6.45) is 1.20. The van der Waals surface area contributed by atoms with Crippen molar-refractivity contribution in [2.24, 2.45) is 5.92 Å². The van der Waals surface area contributed by atoms with Gasteiger partial charge in [0.15, 0.2) is 0 Å². The highest BCUT2D eigenvalue weighted by molar-refractivity contribution is 5.58. The van der Waals surface area contributed by atoms with Crippen LogP contribution < -0.4 is 10.2 Å². The van der Waals surface area contributed by atoms with Crippen LogP contribution in [0.5, 0.6) is 0 Å². The van der Waals surface area contributed by atoms with Gasteiger partial charge in [-0.15, -0.1) is 0 Å². The van der Waals surface area contributed by atoms with Crippen LogP contribution in [0.2, 0.25) is 0 Å². The number of hydrogen-bond donors (Lipinski definition) is 1. The summed E-state index contributed by atoms with van der Waals surface area (Å²) in [7, 11) is 0. The van der Waals surface area contributed by atoms with E-state index < -0.39 is 0 Å². The van der Waals surface area contributed by atoms with E-state index in [2.05, 4.69) is 55.3 Å². The summed E-state index contributed by atoms with van der Waals surface area (Å²) in [6.45, 7) is 10.2. The largest absolute Gasteiger partial charge is 0.368 e. The van der Waals surface area contributed by atoms with Crippen molar-refractivity contribution >= 4 is 5.69 Å². The lowest BCUT2D eigenvalue weighted by molar-refractivity contribution is 0.430. The minimum Gasteiger partial charge on any atom is -0.368 e. The first-order chi connectivity index (χ1) is 8.24. The first-order valence-electron chi connectivity index (χ1n) is 6.79. The van der Waals surface area contributed by atoms with E-state index >= 15 is 0 Å². The van der Waals surface area contributed by atoms with Crippen molar-refractivity contribution in [3.8, 4) is 0 Å². The Morgan fingerprint density at radius 2 is 2.06 bits per heavy atom. The van der Waals surface area contributed by atoms with Crippen molar-refractivity contribution in [3.63, 3.8) is 0 Å². The molecular formula is C15H24N2. The highest BCUT2D eigenvalue weighted by Gasteiger charge is 2.25. The Kier molecular flexibility index (Phi) is 4.06. The Bertz CT molecular complexity index is 362. The monoisotopic (exact) mass is 232 g/mol. The van der Waals surface area contributed by atoms with Gasteiger partial charge in [-0.3, -0.25) is 0 Å². The number of para-hydroxylation sites is 1. The molecule has 2 unspecified atom stereocenters. The maximum Gasteiger partial charge on any atom is 0.0402 e. The number of fused-ring (bicyclic) bond motifs is 1. The van der Waals surface area contributed by atoms with Crippen LogP contribution in [-0.2, 0) is 6.42 Å². The van der Waals surface area contributed by atoms with Crippen molar-refractivity contribution in [3.05, 3.63) is 29.8 Å². The predicted octanol–water partition coefficient (Wildman–Crippen LogP) is 2.68. The molecule has 1 aromatic carbocycles. The third-order valence-electron chi connectivity index (χ3n) is 3.95. The molecule has 2 heteroatoms. The minimum atomic E-state index is 0.609. The highest BCUT2D eigenvalue weighted by atomic mass is 15.2. The van der Waals surface area contributed by atoms with Gasteiger partial charge in [0.2, 0.25) is 0 Å². The first kappa shape index (κ1) is 12.4. The number of benzene rings is 1. The molecule has 94 valence electrons. The summed E-state index contributed by atoms with van der Waals surface area (Å²) in [6, 6.07) is 9.43. The minimum absolute atomic E-state index is 0.609. The lowest BCUT2D eigenvalue weighted by atomic mass is 10.0. The van der Waals surface area contributed by atoms with Gasteiger partial charge >= 0.3 is 0 Å². The van der Waals surface area contributed by atoms with E-state index in [9.17, 15) is 0 Å². The molecule has 0 fully saturated rings. The standard InChI is InChI=1S/C15H24N2/c1-4-16-11-12(2)13(3)17-10-9-14-7-5-6-8-15(14)17/h5-8,12-13,16H,4,9-11H2,1-3H3. The average molecular weight is 232 g/mol. The summed E-state index contributed by atoms with van der Waals surface area (Å²) in [5.41, 5.74) is 2.96. The van der Waals surface area contributed by atoms with Crippen molar-refractivity contribution in [1.82, 2.24) is 5.32 Å². The molecule has 0 amide bonds. The summed E-state index contributed by atoms with van der Waals surface area (Å²) >= 11 is 0. The van der Waals surface area contributed by atoms with Crippen molar-refractivity contribution in [2.75, 3.05) is 24.5 Å². The van der Waals surface area contributed by atoms with Crippen LogP contribution in [0.25, 0.3) is 0 Å². The Labute approximate surface area is 105 Å². The molecule has 0 bridgehead atoms. The van der Waals surface area contributed by atoms with Crippen LogP contribution in [0, 0.1) is 5.92 Å². The molecule has 2 nitrogen and oxygen atoms in total. The zero-order chi connectivity index (χ0) is 12.3. The van der Waals surface area contributed by atoms with Crippen LogP contribution in [0.3, 0.4) is 0 Å². The van der Waals surface area contributed by atoms with E-state index in [1.807, 2.05) is 0 Å². The molecule has 1 aliphatic rings. The lowest BCUT2D eigenvalue weighted by Crippen LogP contribution is -2.40. The maximum atomic E-state index is 3.45. The van der Waals surface area contributed by atoms with Gasteiger partial charge in [0.05, 0.1) is 0 Å². The second-order valence-corrected chi connectivity index (χ2v) is 5.10. The summed E-state index contributed by atoms with van der Waals surface area (Å²) in [4.78, 5) is 2.57. The lowest BCUT2D eigenvalue weighted by Gasteiger charge is -2.32. The fourth-order valence-corrected chi connectivity index (χ4v) is 2.64. The van der Waals surface area contributed by atoms with Crippen molar-refractivity contribution in [2.45, 2.75) is 33.2 Å². The fraction of sp³-hybridized carbons (Fsp3) is 0.600. The number of nitrogens with zero attached hydrogens (tertiary/aromatic N) is 1. The zero-order valence-corrected chi connectivity index (χ0v) is 11.2. The highest BCUT2D eigenvalue weighted by Crippen LogP contribution is 2.30. The molecule has 2 atom stereocenters. The van der Waals surface area contributed by atoms with E-state index in [0.29, 0.717) is 12.0 Å². The number of nitrogens with one attached hydrogen (secondary N) is 1. The van der Waals surface area contributed by atoms with Crippen LogP contribution in [-0.4, -0.2) is 25.7 Å². The average Bonchev–Trinajstić information content (AvgIpc) is 2.78. The predicted molar refractivity (Wildman–Crippen MR) is 74.7 cm³/mol. The molecule has 1 N–H and O–H groups in total. The van der Waals surface area contributed by atoms with E-state index in [-0.39, 0.29) is 0 Å². The first-order valence-corrected chi connectivity index (χ1v) is 6.79. The van der Waals surface area contributed by atoms with Crippen molar-refractivity contribution in [1.29, 1.82) is 0 Å². The third-order valence-corrected chi connectivity index (χ3v) is 3.95. The smallest absolute Gasteiger partial charge is 0.0402 e. The third kappa shape index (κ3) is 2.63. The normalized spacial score (nSPS) is 17.9. The van der Waals surface area contributed by atoms with E-state index in [0.717, 1.165) is 13.1 Å². The molecule has 0 radical (unpaired) electrons. The molecule has 17 heavy (non-hydrogen) atoms. The Morgan fingerprint density at radius 1 is 1.29 bits per heavy atom. The van der Waals surface area contributed by atoms with Crippen molar-refractivity contribution < 1.29 is 0 Å². The Balaban J connectivity index is 2.04. The van der Waals surface area contributed by atoms with Crippen LogP contribution in [0.4, 0.5) is 5.69 Å². The van der Waals surface area contributed by atoms with Gasteiger partial charge in [-0.2, -0.15) is 0 Å². The van der Waals surface area contributed by atoms with Gasteiger partial charge in [-0.25, -0.2) is 0 Å². The topological polar surface area (TPSA) is 15.3 Å². The molecule has 1 aromatic rings. The van der Waals surface area contributed by atoms with Gasteiger partial charge in [0, 0.05) is 18.3 Å². The van der Waals surface area contributed by atoms with Gasteiger partial charge in [-0.1, -0.05) is 32.0 Å². The van der Waals surface area contributed by atoms with Gasteiger partial charge in [0.1, 0.15) is 0 Å². The fourth-order valence-electron chi connectivity index (χ4n) is 2.64. The van der Waals surface area contributed by atoms with Gasteiger partial charge in [0.25, 0.3) is 0 Å².